The lowest BCUT2D eigenvalue weighted by Gasteiger charge is -2.21. The van der Waals surface area contributed by atoms with Crippen molar-refractivity contribution in [1.82, 2.24) is 0 Å². The Bertz CT molecular complexity index is 345. The third kappa shape index (κ3) is 3.26. The predicted octanol–water partition coefficient (Wildman–Crippen LogP) is 2.63. The zero-order valence-electron chi connectivity index (χ0n) is 10.2. The van der Waals surface area contributed by atoms with Crippen molar-refractivity contribution in [1.29, 1.82) is 0 Å². The molecule has 3 heteroatoms. The molecule has 88 valence electrons. The number of hydrogen-bond acceptors (Lipinski definition) is 2. The number of nitrogens with one attached hydrogen (secondary N) is 1. The van der Waals surface area contributed by atoms with Crippen molar-refractivity contribution in [2.45, 2.75) is 33.2 Å². The van der Waals surface area contributed by atoms with Gasteiger partial charge in [-0.15, -0.1) is 0 Å². The van der Waals surface area contributed by atoms with Gasteiger partial charge in [-0.1, -0.05) is 20.3 Å². The van der Waals surface area contributed by atoms with Gasteiger partial charge in [0.15, 0.2) is 0 Å². The summed E-state index contributed by atoms with van der Waals surface area (Å²) in [5.41, 5.74) is 6.74. The van der Waals surface area contributed by atoms with E-state index in [0.717, 1.165) is 12.1 Å². The van der Waals surface area contributed by atoms with Gasteiger partial charge in [-0.3, -0.25) is 4.79 Å². The molecule has 2 atom stereocenters. The van der Waals surface area contributed by atoms with Crippen LogP contribution in [0, 0.1) is 5.92 Å². The van der Waals surface area contributed by atoms with Crippen LogP contribution in [0.4, 0.5) is 5.69 Å². The van der Waals surface area contributed by atoms with Gasteiger partial charge in [-0.2, -0.15) is 0 Å². The van der Waals surface area contributed by atoms with Crippen molar-refractivity contribution >= 4 is 11.6 Å². The van der Waals surface area contributed by atoms with Crippen LogP contribution < -0.4 is 11.1 Å². The summed E-state index contributed by atoms with van der Waals surface area (Å²) in [4.78, 5) is 10.9. The SMILES string of the molecule is CCC(C)C(C)Nc1ccc(C(N)=O)cc1. The maximum atomic E-state index is 10.9. The first-order valence-electron chi connectivity index (χ1n) is 5.71. The van der Waals surface area contributed by atoms with Crippen LogP contribution in [0.1, 0.15) is 37.6 Å². The number of hydrogen-bond donors (Lipinski definition) is 2. The number of rotatable bonds is 5. The van der Waals surface area contributed by atoms with Crippen LogP contribution >= 0.6 is 0 Å². The monoisotopic (exact) mass is 220 g/mol. The summed E-state index contributed by atoms with van der Waals surface area (Å²) in [5.74, 6) is 0.234. The van der Waals surface area contributed by atoms with Crippen LogP contribution in [0.3, 0.4) is 0 Å². The molecule has 0 aliphatic carbocycles. The molecular weight excluding hydrogens is 200 g/mol. The molecule has 2 unspecified atom stereocenters. The summed E-state index contributed by atoms with van der Waals surface area (Å²) in [7, 11) is 0. The van der Waals surface area contributed by atoms with Gasteiger partial charge < -0.3 is 11.1 Å². The Morgan fingerprint density at radius 3 is 2.31 bits per heavy atom. The second-order valence-corrected chi connectivity index (χ2v) is 4.26. The lowest BCUT2D eigenvalue weighted by molar-refractivity contribution is 0.100. The topological polar surface area (TPSA) is 55.1 Å². The molecule has 1 amide bonds. The van der Waals surface area contributed by atoms with Gasteiger partial charge in [-0.05, 0) is 37.1 Å². The molecule has 0 heterocycles. The molecule has 3 N–H and O–H groups in total. The van der Waals surface area contributed by atoms with Crippen molar-refractivity contribution in [3.05, 3.63) is 29.8 Å². The van der Waals surface area contributed by atoms with Crippen molar-refractivity contribution in [3.63, 3.8) is 0 Å². The first-order chi connectivity index (χ1) is 7.54. The molecule has 0 aromatic heterocycles. The lowest BCUT2D eigenvalue weighted by atomic mass is 10.0. The molecule has 1 aromatic carbocycles. The van der Waals surface area contributed by atoms with E-state index in [9.17, 15) is 4.79 Å². The Balaban J connectivity index is 2.65. The number of nitrogens with two attached hydrogens (primary N) is 1. The molecule has 0 saturated carbocycles. The molecule has 16 heavy (non-hydrogen) atoms. The zero-order valence-corrected chi connectivity index (χ0v) is 10.2. The molecule has 1 aromatic rings. The fourth-order valence-corrected chi connectivity index (χ4v) is 1.49. The number of benzene rings is 1. The Morgan fingerprint density at radius 2 is 1.88 bits per heavy atom. The van der Waals surface area contributed by atoms with E-state index in [1.807, 2.05) is 12.1 Å². The molecule has 0 bridgehead atoms. The minimum absolute atomic E-state index is 0.387. The van der Waals surface area contributed by atoms with Crippen LogP contribution in [0.5, 0.6) is 0 Å². The molecule has 0 aliphatic heterocycles. The minimum Gasteiger partial charge on any atom is -0.382 e. The van der Waals surface area contributed by atoms with Crippen LogP contribution in [0.25, 0.3) is 0 Å². The molecule has 0 saturated heterocycles. The number of amides is 1. The summed E-state index contributed by atoms with van der Waals surface area (Å²) in [6.07, 6.45) is 1.15. The summed E-state index contributed by atoms with van der Waals surface area (Å²) in [6.45, 7) is 6.56. The smallest absolute Gasteiger partial charge is 0.248 e. The number of carbonyl (C=O) groups excluding carboxylic acids is 1. The van der Waals surface area contributed by atoms with Crippen molar-refractivity contribution in [2.24, 2.45) is 11.7 Å². The number of primary amides is 1. The van der Waals surface area contributed by atoms with Gasteiger partial charge in [0.1, 0.15) is 0 Å². The Kier molecular flexibility index (Phi) is 4.35. The van der Waals surface area contributed by atoms with Gasteiger partial charge >= 0.3 is 0 Å². The van der Waals surface area contributed by atoms with Gasteiger partial charge in [0.25, 0.3) is 0 Å². The highest BCUT2D eigenvalue weighted by Crippen LogP contribution is 2.15. The summed E-state index contributed by atoms with van der Waals surface area (Å²) >= 11 is 0. The van der Waals surface area contributed by atoms with E-state index < -0.39 is 0 Å². The normalized spacial score (nSPS) is 14.2. The first kappa shape index (κ1) is 12.6. The van der Waals surface area contributed by atoms with Crippen LogP contribution in [-0.2, 0) is 0 Å². The summed E-state index contributed by atoms with van der Waals surface area (Å²) in [5, 5.41) is 3.41. The highest BCUT2D eigenvalue weighted by Gasteiger charge is 2.09. The third-order valence-corrected chi connectivity index (χ3v) is 3.06. The van der Waals surface area contributed by atoms with Gasteiger partial charge in [0, 0.05) is 17.3 Å². The second-order valence-electron chi connectivity index (χ2n) is 4.26. The van der Waals surface area contributed by atoms with E-state index in [0.29, 0.717) is 17.5 Å². The maximum Gasteiger partial charge on any atom is 0.248 e. The van der Waals surface area contributed by atoms with E-state index >= 15 is 0 Å². The van der Waals surface area contributed by atoms with Crippen molar-refractivity contribution in [3.8, 4) is 0 Å². The van der Waals surface area contributed by atoms with E-state index in [-0.39, 0.29) is 5.91 Å². The van der Waals surface area contributed by atoms with E-state index in [1.54, 1.807) is 12.1 Å². The van der Waals surface area contributed by atoms with Crippen LogP contribution in [-0.4, -0.2) is 11.9 Å². The number of anilines is 1. The number of carbonyl (C=O) groups is 1. The van der Waals surface area contributed by atoms with Gasteiger partial charge in [0.05, 0.1) is 0 Å². The fourth-order valence-electron chi connectivity index (χ4n) is 1.49. The van der Waals surface area contributed by atoms with Crippen molar-refractivity contribution < 1.29 is 4.79 Å². The van der Waals surface area contributed by atoms with Crippen LogP contribution in [0.15, 0.2) is 24.3 Å². The summed E-state index contributed by atoms with van der Waals surface area (Å²) < 4.78 is 0. The highest BCUT2D eigenvalue weighted by atomic mass is 16.1. The Hall–Kier alpha value is -1.51. The Morgan fingerprint density at radius 1 is 1.31 bits per heavy atom. The second kappa shape index (κ2) is 5.54. The fraction of sp³-hybridized carbons (Fsp3) is 0.462. The minimum atomic E-state index is -0.387. The van der Waals surface area contributed by atoms with E-state index in [1.165, 1.54) is 0 Å². The van der Waals surface area contributed by atoms with E-state index in [4.69, 9.17) is 5.73 Å². The van der Waals surface area contributed by atoms with Gasteiger partial charge in [0.2, 0.25) is 5.91 Å². The van der Waals surface area contributed by atoms with E-state index in [2.05, 4.69) is 26.1 Å². The standard InChI is InChI=1S/C13H20N2O/c1-4-9(2)10(3)15-12-7-5-11(6-8-12)13(14)16/h5-10,15H,4H2,1-3H3,(H2,14,16). The average molecular weight is 220 g/mol. The van der Waals surface area contributed by atoms with Crippen LogP contribution in [0.2, 0.25) is 0 Å². The van der Waals surface area contributed by atoms with Gasteiger partial charge in [-0.25, -0.2) is 0 Å². The lowest BCUT2D eigenvalue weighted by Crippen LogP contribution is -2.23. The largest absolute Gasteiger partial charge is 0.382 e. The average Bonchev–Trinajstić information content (AvgIpc) is 2.28. The Labute approximate surface area is 97.0 Å². The summed E-state index contributed by atoms with van der Waals surface area (Å²) in [6, 6.07) is 7.68. The molecule has 0 fully saturated rings. The molecule has 0 aliphatic rings. The third-order valence-electron chi connectivity index (χ3n) is 3.06. The predicted molar refractivity (Wildman–Crippen MR) is 67.5 cm³/mol. The maximum absolute atomic E-state index is 10.9. The first-order valence-corrected chi connectivity index (χ1v) is 5.71. The molecule has 3 nitrogen and oxygen atoms in total. The molecule has 0 radical (unpaired) electrons. The highest BCUT2D eigenvalue weighted by molar-refractivity contribution is 5.93. The molecular formula is C13H20N2O. The molecule has 1 rings (SSSR count). The molecule has 0 spiro atoms. The quantitative estimate of drug-likeness (QED) is 0.801. The van der Waals surface area contributed by atoms with Crippen molar-refractivity contribution in [2.75, 3.05) is 5.32 Å². The zero-order chi connectivity index (χ0) is 12.1.